The van der Waals surface area contributed by atoms with Crippen LogP contribution in [-0.2, 0) is 9.53 Å². The van der Waals surface area contributed by atoms with Gasteiger partial charge in [0.15, 0.2) is 6.61 Å². The predicted octanol–water partition coefficient (Wildman–Crippen LogP) is 3.52. The van der Waals surface area contributed by atoms with E-state index in [9.17, 15) is 19.7 Å². The minimum absolute atomic E-state index is 0.0740. The van der Waals surface area contributed by atoms with E-state index in [2.05, 4.69) is 4.98 Å². The molecule has 0 atom stereocenters. The molecule has 0 saturated heterocycles. The molecule has 0 bridgehead atoms. The summed E-state index contributed by atoms with van der Waals surface area (Å²) in [6.45, 7) is -0.389. The predicted molar refractivity (Wildman–Crippen MR) is 95.7 cm³/mol. The van der Waals surface area contributed by atoms with E-state index in [1.165, 1.54) is 24.3 Å². The third-order valence-electron chi connectivity index (χ3n) is 3.73. The van der Waals surface area contributed by atoms with Crippen molar-refractivity contribution in [3.05, 3.63) is 82.0 Å². The molecule has 0 fully saturated rings. The average Bonchev–Trinajstić information content (AvgIpc) is 3.09. The Morgan fingerprint density at radius 2 is 1.96 bits per heavy atom. The number of esters is 1. The van der Waals surface area contributed by atoms with Gasteiger partial charge in [0.1, 0.15) is 0 Å². The molecule has 1 heterocycles. The zero-order chi connectivity index (χ0) is 18.5. The number of nitro groups is 1. The van der Waals surface area contributed by atoms with Gasteiger partial charge in [-0.3, -0.25) is 14.9 Å². The fourth-order valence-corrected chi connectivity index (χ4v) is 2.47. The van der Waals surface area contributed by atoms with Crippen LogP contribution >= 0.6 is 0 Å². The van der Waals surface area contributed by atoms with Gasteiger partial charge in [0.25, 0.3) is 5.69 Å². The Bertz CT molecular complexity index is 1020. The third kappa shape index (κ3) is 3.84. The number of aromatic nitrogens is 1. The first-order chi connectivity index (χ1) is 12.5. The van der Waals surface area contributed by atoms with E-state index in [1.807, 2.05) is 24.3 Å². The number of ether oxygens (including phenoxy) is 1. The Morgan fingerprint density at radius 3 is 2.77 bits per heavy atom. The summed E-state index contributed by atoms with van der Waals surface area (Å²) >= 11 is 0. The molecule has 0 spiro atoms. The van der Waals surface area contributed by atoms with Crippen LogP contribution in [0.1, 0.15) is 15.9 Å². The van der Waals surface area contributed by atoms with Crippen molar-refractivity contribution in [2.45, 2.75) is 0 Å². The van der Waals surface area contributed by atoms with Gasteiger partial charge in [-0.1, -0.05) is 30.3 Å². The van der Waals surface area contributed by atoms with E-state index in [1.54, 1.807) is 12.3 Å². The lowest BCUT2D eigenvalue weighted by Gasteiger charge is -2.01. The second-order valence-electron chi connectivity index (χ2n) is 5.46. The van der Waals surface area contributed by atoms with Gasteiger partial charge in [-0.25, -0.2) is 4.79 Å². The van der Waals surface area contributed by atoms with Gasteiger partial charge in [0.05, 0.1) is 4.92 Å². The van der Waals surface area contributed by atoms with Crippen molar-refractivity contribution in [2.24, 2.45) is 0 Å². The number of Topliss-reactive ketones (excluding diaryl/α,β-unsaturated/α-hetero) is 1. The van der Waals surface area contributed by atoms with Crippen LogP contribution in [-0.4, -0.2) is 28.3 Å². The molecule has 0 aliphatic rings. The zero-order valence-electron chi connectivity index (χ0n) is 13.5. The Balaban J connectivity index is 1.61. The Labute approximate surface area is 148 Å². The van der Waals surface area contributed by atoms with E-state index in [4.69, 9.17) is 4.74 Å². The van der Waals surface area contributed by atoms with Gasteiger partial charge < -0.3 is 9.72 Å². The van der Waals surface area contributed by atoms with Crippen LogP contribution in [0.5, 0.6) is 0 Å². The van der Waals surface area contributed by atoms with Gasteiger partial charge in [-0.15, -0.1) is 0 Å². The highest BCUT2D eigenvalue weighted by atomic mass is 16.6. The van der Waals surface area contributed by atoms with Gasteiger partial charge in [-0.2, -0.15) is 0 Å². The van der Waals surface area contributed by atoms with Crippen molar-refractivity contribution in [2.75, 3.05) is 6.61 Å². The van der Waals surface area contributed by atoms with Gasteiger partial charge in [0.2, 0.25) is 5.78 Å². The number of carbonyl (C=O) groups excluding carboxylic acids is 2. The summed E-state index contributed by atoms with van der Waals surface area (Å²) < 4.78 is 4.95. The molecule has 1 aromatic heterocycles. The summed E-state index contributed by atoms with van der Waals surface area (Å²) in [6, 6.07) is 13.2. The van der Waals surface area contributed by atoms with E-state index in [-0.39, 0.29) is 18.1 Å². The van der Waals surface area contributed by atoms with E-state index in [0.29, 0.717) is 11.1 Å². The van der Waals surface area contributed by atoms with Crippen LogP contribution < -0.4 is 0 Å². The molecule has 3 rings (SSSR count). The highest BCUT2D eigenvalue weighted by Gasteiger charge is 2.13. The van der Waals surface area contributed by atoms with Crippen molar-refractivity contribution < 1.29 is 19.2 Å². The number of nitrogens with one attached hydrogen (secondary N) is 1. The molecule has 0 saturated carbocycles. The fraction of sp³-hybridized carbons (Fsp3) is 0.0526. The Morgan fingerprint density at radius 1 is 1.15 bits per heavy atom. The molecule has 0 radical (unpaired) electrons. The van der Waals surface area contributed by atoms with Crippen LogP contribution in [0.2, 0.25) is 0 Å². The molecule has 0 amide bonds. The summed E-state index contributed by atoms with van der Waals surface area (Å²) in [6.07, 6.45) is 4.10. The highest BCUT2D eigenvalue weighted by molar-refractivity contribution is 6.09. The van der Waals surface area contributed by atoms with Gasteiger partial charge >= 0.3 is 5.97 Å². The number of aromatic amines is 1. The number of hydrogen-bond acceptors (Lipinski definition) is 5. The molecular weight excluding hydrogens is 336 g/mol. The van der Waals surface area contributed by atoms with Crippen molar-refractivity contribution in [1.29, 1.82) is 0 Å². The van der Waals surface area contributed by atoms with Crippen molar-refractivity contribution >= 4 is 34.4 Å². The molecule has 3 aromatic rings. The summed E-state index contributed by atoms with van der Waals surface area (Å²) in [5, 5.41) is 11.5. The quantitative estimate of drug-likeness (QED) is 0.241. The number of para-hydroxylation sites is 1. The minimum atomic E-state index is -0.704. The van der Waals surface area contributed by atoms with Crippen LogP contribution in [0.25, 0.3) is 17.0 Å². The number of nitro benzene ring substituents is 1. The maximum absolute atomic E-state index is 12.2. The van der Waals surface area contributed by atoms with Crippen molar-refractivity contribution in [3.63, 3.8) is 0 Å². The number of benzene rings is 2. The highest BCUT2D eigenvalue weighted by Crippen LogP contribution is 2.18. The second kappa shape index (κ2) is 7.43. The first kappa shape index (κ1) is 17.1. The third-order valence-corrected chi connectivity index (χ3v) is 3.73. The van der Waals surface area contributed by atoms with Crippen LogP contribution in [0, 0.1) is 10.1 Å². The van der Waals surface area contributed by atoms with Gasteiger partial charge in [0, 0.05) is 40.9 Å². The minimum Gasteiger partial charge on any atom is -0.454 e. The van der Waals surface area contributed by atoms with Crippen LogP contribution in [0.4, 0.5) is 5.69 Å². The van der Waals surface area contributed by atoms with Crippen LogP contribution in [0.15, 0.2) is 60.8 Å². The second-order valence-corrected chi connectivity index (χ2v) is 5.46. The molecule has 26 heavy (non-hydrogen) atoms. The number of ketones is 1. The Kier molecular flexibility index (Phi) is 4.89. The lowest BCUT2D eigenvalue weighted by Crippen LogP contribution is -2.12. The van der Waals surface area contributed by atoms with Crippen molar-refractivity contribution in [1.82, 2.24) is 4.98 Å². The van der Waals surface area contributed by atoms with Gasteiger partial charge in [-0.05, 0) is 17.7 Å². The first-order valence-electron chi connectivity index (χ1n) is 7.73. The number of H-pyrrole nitrogens is 1. The molecule has 2 aromatic carbocycles. The van der Waals surface area contributed by atoms with Crippen LogP contribution in [0.3, 0.4) is 0 Å². The lowest BCUT2D eigenvalue weighted by molar-refractivity contribution is -0.384. The molecule has 130 valence electrons. The maximum Gasteiger partial charge on any atom is 0.331 e. The fourth-order valence-electron chi connectivity index (χ4n) is 2.47. The van der Waals surface area contributed by atoms with Crippen molar-refractivity contribution in [3.8, 4) is 0 Å². The molecule has 7 nitrogen and oxygen atoms in total. The zero-order valence-corrected chi connectivity index (χ0v) is 13.5. The maximum atomic E-state index is 12.2. The summed E-state index contributed by atoms with van der Waals surface area (Å²) in [4.78, 5) is 37.2. The topological polar surface area (TPSA) is 102 Å². The summed E-state index contributed by atoms with van der Waals surface area (Å²) in [7, 11) is 0. The number of carbonyl (C=O) groups is 2. The first-order valence-corrected chi connectivity index (χ1v) is 7.73. The smallest absolute Gasteiger partial charge is 0.331 e. The normalized spacial score (nSPS) is 10.9. The molecule has 0 unspecified atom stereocenters. The Hall–Kier alpha value is -3.74. The number of fused-ring (bicyclic) bond motifs is 1. The number of nitrogens with zero attached hydrogens (tertiary/aromatic N) is 1. The molecule has 7 heteroatoms. The lowest BCUT2D eigenvalue weighted by atomic mass is 10.1. The van der Waals surface area contributed by atoms with E-state index < -0.39 is 10.9 Å². The number of non-ortho nitro benzene ring substituents is 1. The largest absolute Gasteiger partial charge is 0.454 e. The number of hydrogen-bond donors (Lipinski definition) is 1. The van der Waals surface area contributed by atoms with E-state index in [0.717, 1.165) is 17.0 Å². The molecule has 0 aliphatic heterocycles. The molecule has 1 N–H and O–H groups in total. The standard InChI is InChI=1S/C19H14N2O5/c22-18(16-11-20-17-7-2-1-6-15(16)17)12-26-19(23)9-8-13-4-3-5-14(10-13)21(24)25/h1-11,20H,12H2/b9-8+. The van der Waals surface area contributed by atoms with E-state index >= 15 is 0 Å². The monoisotopic (exact) mass is 350 g/mol. The SMILES string of the molecule is O=C(/C=C/c1cccc([N+](=O)[O-])c1)OCC(=O)c1c[nH]c2ccccc12. The number of rotatable bonds is 6. The summed E-state index contributed by atoms with van der Waals surface area (Å²) in [5.74, 6) is -1.02. The molecular formula is C19H14N2O5. The average molecular weight is 350 g/mol. The molecule has 0 aliphatic carbocycles. The summed E-state index contributed by atoms with van der Waals surface area (Å²) in [5.41, 5.74) is 1.69.